The van der Waals surface area contributed by atoms with Crippen molar-refractivity contribution < 1.29 is 14.3 Å². The number of nitrogens with zero attached hydrogens (tertiary/aromatic N) is 5. The van der Waals surface area contributed by atoms with Crippen LogP contribution in [0.15, 0.2) is 18.6 Å². The Bertz CT molecular complexity index is 613. The lowest BCUT2D eigenvalue weighted by Gasteiger charge is -2.34. The summed E-state index contributed by atoms with van der Waals surface area (Å²) in [5.41, 5.74) is 0.305. The summed E-state index contributed by atoms with van der Waals surface area (Å²) in [4.78, 5) is 39.5. The summed E-state index contributed by atoms with van der Waals surface area (Å²) >= 11 is 0. The van der Waals surface area contributed by atoms with E-state index >= 15 is 0 Å². The lowest BCUT2D eigenvalue weighted by molar-refractivity contribution is -0.133. The van der Waals surface area contributed by atoms with E-state index < -0.39 is 0 Å². The molecule has 0 aliphatic carbocycles. The van der Waals surface area contributed by atoms with Gasteiger partial charge in [0.15, 0.2) is 0 Å². The third-order valence-corrected chi connectivity index (χ3v) is 5.29. The number of carbonyl (C=O) groups is 2. The topological polar surface area (TPSA) is 78.9 Å². The molecule has 0 N–H and O–H groups in total. The standard InChI is InChI=1S/C19H29N5O3/c1-2-22-9-11-23(12-10-22)18(25)5-8-24(15-16-4-3-13-27-16)19(26)17-14-20-6-7-21-17/h6-7,14,16H,2-5,8-13,15H2,1H3. The highest BCUT2D eigenvalue weighted by molar-refractivity contribution is 5.92. The molecule has 27 heavy (non-hydrogen) atoms. The highest BCUT2D eigenvalue weighted by Gasteiger charge is 2.26. The molecule has 2 aliphatic heterocycles. The first-order chi connectivity index (χ1) is 13.2. The average molecular weight is 375 g/mol. The zero-order valence-electron chi connectivity index (χ0n) is 16.0. The van der Waals surface area contributed by atoms with Crippen LogP contribution in [0.2, 0.25) is 0 Å². The van der Waals surface area contributed by atoms with Crippen molar-refractivity contribution in [2.24, 2.45) is 0 Å². The fourth-order valence-electron chi connectivity index (χ4n) is 3.58. The Morgan fingerprint density at radius 2 is 2.07 bits per heavy atom. The summed E-state index contributed by atoms with van der Waals surface area (Å²) in [6.07, 6.45) is 6.84. The Morgan fingerprint density at radius 1 is 1.26 bits per heavy atom. The fraction of sp³-hybridized carbons (Fsp3) is 0.684. The molecule has 2 aliphatic rings. The predicted molar refractivity (Wildman–Crippen MR) is 100 cm³/mol. The van der Waals surface area contributed by atoms with Gasteiger partial charge in [0.05, 0.1) is 12.3 Å². The molecule has 1 unspecified atom stereocenters. The van der Waals surface area contributed by atoms with Gasteiger partial charge in [0, 0.05) is 64.7 Å². The molecule has 1 atom stereocenters. The minimum Gasteiger partial charge on any atom is -0.376 e. The van der Waals surface area contributed by atoms with Crippen molar-refractivity contribution in [3.8, 4) is 0 Å². The molecule has 0 bridgehead atoms. The Morgan fingerprint density at radius 3 is 2.70 bits per heavy atom. The summed E-state index contributed by atoms with van der Waals surface area (Å²) in [6.45, 7) is 8.11. The molecular weight excluding hydrogens is 346 g/mol. The van der Waals surface area contributed by atoms with Gasteiger partial charge in [-0.05, 0) is 19.4 Å². The molecule has 3 heterocycles. The van der Waals surface area contributed by atoms with Crippen LogP contribution >= 0.6 is 0 Å². The Labute approximate surface area is 160 Å². The second-order valence-corrected chi connectivity index (χ2v) is 7.04. The van der Waals surface area contributed by atoms with E-state index in [0.29, 0.717) is 25.2 Å². The normalized spacial score (nSPS) is 20.6. The summed E-state index contributed by atoms with van der Waals surface area (Å²) < 4.78 is 5.69. The van der Waals surface area contributed by atoms with Gasteiger partial charge in [-0.3, -0.25) is 14.6 Å². The first-order valence-electron chi connectivity index (χ1n) is 9.84. The Hall–Kier alpha value is -2.06. The first kappa shape index (κ1) is 19.7. The average Bonchev–Trinajstić information content (AvgIpc) is 3.24. The minimum atomic E-state index is -0.192. The maximum atomic E-state index is 12.8. The smallest absolute Gasteiger partial charge is 0.274 e. The van der Waals surface area contributed by atoms with E-state index in [4.69, 9.17) is 4.74 Å². The highest BCUT2D eigenvalue weighted by atomic mass is 16.5. The van der Waals surface area contributed by atoms with Crippen molar-refractivity contribution in [2.75, 3.05) is 52.4 Å². The van der Waals surface area contributed by atoms with E-state index in [1.54, 1.807) is 11.1 Å². The predicted octanol–water partition coefficient (Wildman–Crippen LogP) is 0.652. The monoisotopic (exact) mass is 375 g/mol. The quantitative estimate of drug-likeness (QED) is 0.696. The number of likely N-dealkylation sites (N-methyl/N-ethyl adjacent to an activating group) is 1. The summed E-state index contributed by atoms with van der Waals surface area (Å²) in [7, 11) is 0. The van der Waals surface area contributed by atoms with Gasteiger partial charge >= 0.3 is 0 Å². The third-order valence-electron chi connectivity index (χ3n) is 5.29. The van der Waals surface area contributed by atoms with Crippen molar-refractivity contribution in [2.45, 2.75) is 32.3 Å². The minimum absolute atomic E-state index is 0.0359. The molecule has 0 aromatic carbocycles. The Kier molecular flexibility index (Phi) is 7.11. The highest BCUT2D eigenvalue weighted by Crippen LogP contribution is 2.15. The van der Waals surface area contributed by atoms with Crippen LogP contribution in [0.4, 0.5) is 0 Å². The molecule has 2 fully saturated rings. The van der Waals surface area contributed by atoms with Crippen LogP contribution in [0.1, 0.15) is 36.7 Å². The van der Waals surface area contributed by atoms with Gasteiger partial charge in [-0.25, -0.2) is 4.98 Å². The van der Waals surface area contributed by atoms with Crippen molar-refractivity contribution in [3.63, 3.8) is 0 Å². The van der Waals surface area contributed by atoms with Crippen LogP contribution in [-0.2, 0) is 9.53 Å². The first-order valence-corrected chi connectivity index (χ1v) is 9.84. The second-order valence-electron chi connectivity index (χ2n) is 7.04. The van der Waals surface area contributed by atoms with E-state index in [-0.39, 0.29) is 17.9 Å². The molecular formula is C19H29N5O3. The van der Waals surface area contributed by atoms with Gasteiger partial charge in [0.2, 0.25) is 5.91 Å². The molecule has 0 saturated carbocycles. The number of rotatable bonds is 7. The van der Waals surface area contributed by atoms with Crippen molar-refractivity contribution in [1.82, 2.24) is 24.7 Å². The van der Waals surface area contributed by atoms with Crippen LogP contribution in [0, 0.1) is 0 Å². The summed E-state index contributed by atoms with van der Waals surface area (Å²) in [5.74, 6) is -0.0859. The maximum absolute atomic E-state index is 12.8. The zero-order valence-corrected chi connectivity index (χ0v) is 16.0. The van der Waals surface area contributed by atoms with Crippen LogP contribution in [0.3, 0.4) is 0 Å². The van der Waals surface area contributed by atoms with Crippen molar-refractivity contribution >= 4 is 11.8 Å². The molecule has 8 nitrogen and oxygen atoms in total. The van der Waals surface area contributed by atoms with Crippen molar-refractivity contribution in [3.05, 3.63) is 24.3 Å². The molecule has 148 valence electrons. The third kappa shape index (κ3) is 5.46. The number of aromatic nitrogens is 2. The van der Waals surface area contributed by atoms with Gasteiger partial charge in [0.25, 0.3) is 5.91 Å². The molecule has 1 aromatic rings. The molecule has 2 saturated heterocycles. The van der Waals surface area contributed by atoms with E-state index in [9.17, 15) is 9.59 Å². The van der Waals surface area contributed by atoms with E-state index in [1.807, 2.05) is 4.90 Å². The zero-order chi connectivity index (χ0) is 19.1. The lowest BCUT2D eigenvalue weighted by Crippen LogP contribution is -2.49. The number of piperazine rings is 1. The van der Waals surface area contributed by atoms with Gasteiger partial charge in [0.1, 0.15) is 5.69 Å². The van der Waals surface area contributed by atoms with Crippen LogP contribution in [0.25, 0.3) is 0 Å². The molecule has 2 amide bonds. The molecule has 0 spiro atoms. The maximum Gasteiger partial charge on any atom is 0.274 e. The van der Waals surface area contributed by atoms with Crippen LogP contribution in [-0.4, -0.2) is 95.0 Å². The number of hydrogen-bond donors (Lipinski definition) is 0. The van der Waals surface area contributed by atoms with E-state index in [2.05, 4.69) is 21.8 Å². The largest absolute Gasteiger partial charge is 0.376 e. The molecule has 3 rings (SSSR count). The molecule has 1 aromatic heterocycles. The fourth-order valence-corrected chi connectivity index (χ4v) is 3.58. The molecule has 8 heteroatoms. The number of amides is 2. The SMILES string of the molecule is CCN1CCN(C(=O)CCN(CC2CCCO2)C(=O)c2cnccn2)CC1. The second kappa shape index (κ2) is 9.75. The van der Waals surface area contributed by atoms with E-state index in [1.165, 1.54) is 12.4 Å². The van der Waals surface area contributed by atoms with Gasteiger partial charge < -0.3 is 19.4 Å². The van der Waals surface area contributed by atoms with Gasteiger partial charge in [-0.15, -0.1) is 0 Å². The van der Waals surface area contributed by atoms with Gasteiger partial charge in [-0.2, -0.15) is 0 Å². The number of hydrogen-bond acceptors (Lipinski definition) is 6. The Balaban J connectivity index is 1.57. The summed E-state index contributed by atoms with van der Waals surface area (Å²) in [5, 5.41) is 0. The lowest BCUT2D eigenvalue weighted by atomic mass is 10.2. The van der Waals surface area contributed by atoms with Crippen LogP contribution < -0.4 is 0 Å². The molecule has 0 radical (unpaired) electrons. The number of ether oxygens (including phenoxy) is 1. The number of carbonyl (C=O) groups excluding carboxylic acids is 2. The van der Waals surface area contributed by atoms with Gasteiger partial charge in [-0.1, -0.05) is 6.92 Å². The van der Waals surface area contributed by atoms with E-state index in [0.717, 1.165) is 52.2 Å². The van der Waals surface area contributed by atoms with Crippen LogP contribution in [0.5, 0.6) is 0 Å². The summed E-state index contributed by atoms with van der Waals surface area (Å²) in [6, 6.07) is 0. The van der Waals surface area contributed by atoms with Crippen molar-refractivity contribution in [1.29, 1.82) is 0 Å².